The zero-order valence-corrected chi connectivity index (χ0v) is 41.9. The topological polar surface area (TPSA) is 50.3 Å². The van der Waals surface area contributed by atoms with Gasteiger partial charge < -0.3 is 19.2 Å². The molecule has 328 valence electrons. The fraction of sp³-hybridized carbons (Fsp3) is 0. The molecule has 0 amide bonds. The number of rotatable bonds is 6. The molecule has 0 aliphatic heterocycles. The molecule has 0 bridgehead atoms. The first-order chi connectivity index (χ1) is 33.3. The molecule has 4 nitrogen and oxygen atoms in total. The van der Waals surface area contributed by atoms with Gasteiger partial charge in [0.05, 0.1) is 22.1 Å². The normalized spacial score (nSPS) is 11.0. The Morgan fingerprint density at radius 3 is 1.22 bits per heavy atom. The van der Waals surface area contributed by atoms with E-state index in [4.69, 9.17) is 0 Å². The number of nitrogens with zero attached hydrogens (tertiary/aromatic N) is 2. The first-order valence-electron chi connectivity index (χ1n) is 22.2. The van der Waals surface area contributed by atoms with Crippen LogP contribution in [0.25, 0.3) is 88.4 Å². The minimum absolute atomic E-state index is 0.503. The molecule has 0 saturated heterocycles. The Morgan fingerprint density at radius 1 is 0.324 bits per heavy atom. The van der Waals surface area contributed by atoms with Crippen LogP contribution in [0.4, 0.5) is 0 Å². The average Bonchev–Trinajstić information content (AvgIpc) is 3.89. The van der Waals surface area contributed by atoms with E-state index in [0.717, 1.165) is 36.4 Å². The maximum atomic E-state index is 9.43. The van der Waals surface area contributed by atoms with Crippen molar-refractivity contribution in [2.45, 2.75) is 0 Å². The molecule has 0 aliphatic carbocycles. The van der Waals surface area contributed by atoms with Crippen LogP contribution in [-0.2, 0) is 0 Å². The van der Waals surface area contributed by atoms with E-state index >= 15 is 0 Å². The quantitative estimate of drug-likeness (QED) is 0.129. The fourth-order valence-electron chi connectivity index (χ4n) is 8.92. The van der Waals surface area contributed by atoms with Crippen LogP contribution < -0.4 is 5.46 Å². The zero-order chi connectivity index (χ0) is 46.6. The minimum Gasteiger partial charge on any atom is -0.423 e. The van der Waals surface area contributed by atoms with E-state index in [1.807, 2.05) is 48.5 Å². The van der Waals surface area contributed by atoms with Gasteiger partial charge in [0.1, 0.15) is 0 Å². The number of aromatic nitrogens is 2. The predicted molar refractivity (Wildman–Crippen MR) is 302 cm³/mol. The summed E-state index contributed by atoms with van der Waals surface area (Å²) in [5, 5.41) is 23.5. The molecular weight excluding hydrogens is 1080 g/mol. The lowest BCUT2D eigenvalue weighted by Gasteiger charge is -2.10. The van der Waals surface area contributed by atoms with Gasteiger partial charge in [0, 0.05) is 45.4 Å². The van der Waals surface area contributed by atoms with Gasteiger partial charge in [-0.25, -0.2) is 0 Å². The molecule has 2 aromatic heterocycles. The molecule has 12 rings (SSSR count). The third-order valence-corrected chi connectivity index (χ3v) is 13.5. The number of para-hydroxylation sites is 4. The summed E-state index contributed by atoms with van der Waals surface area (Å²) in [6.45, 7) is 0. The molecule has 10 aromatic carbocycles. The van der Waals surface area contributed by atoms with Gasteiger partial charge >= 0.3 is 7.12 Å². The van der Waals surface area contributed by atoms with Crippen molar-refractivity contribution >= 4 is 111 Å². The number of fused-ring (bicyclic) bond motifs is 6. The van der Waals surface area contributed by atoms with Crippen molar-refractivity contribution in [1.82, 2.24) is 9.13 Å². The van der Waals surface area contributed by atoms with Crippen LogP contribution in [-0.4, -0.2) is 26.3 Å². The van der Waals surface area contributed by atoms with Crippen molar-refractivity contribution in [1.29, 1.82) is 0 Å². The van der Waals surface area contributed by atoms with E-state index in [1.54, 1.807) is 6.07 Å². The van der Waals surface area contributed by atoms with Gasteiger partial charge in [-0.3, -0.25) is 0 Å². The summed E-state index contributed by atoms with van der Waals surface area (Å²) in [6, 6.07) is 83.9. The second-order valence-corrected chi connectivity index (χ2v) is 19.5. The van der Waals surface area contributed by atoms with Crippen LogP contribution in [0.1, 0.15) is 0 Å². The first-order valence-corrected chi connectivity index (χ1v) is 24.9. The fourth-order valence-corrected chi connectivity index (χ4v) is 11.0. The maximum Gasteiger partial charge on any atom is 0.488 e. The van der Waals surface area contributed by atoms with E-state index in [-0.39, 0.29) is 0 Å². The second-order valence-electron chi connectivity index (χ2n) is 16.4. The molecule has 2 N–H and O–H groups in total. The summed E-state index contributed by atoms with van der Waals surface area (Å²) in [5.74, 6) is 0. The molecule has 68 heavy (non-hydrogen) atoms. The summed E-state index contributed by atoms with van der Waals surface area (Å²) in [7, 11) is -1.46. The van der Waals surface area contributed by atoms with Gasteiger partial charge in [0.15, 0.2) is 0 Å². The largest absolute Gasteiger partial charge is 0.488 e. The van der Waals surface area contributed by atoms with Gasteiger partial charge in [-0.2, -0.15) is 0 Å². The first kappa shape index (κ1) is 45.3. The van der Waals surface area contributed by atoms with Crippen LogP contribution in [0.3, 0.4) is 0 Å². The zero-order valence-electron chi connectivity index (χ0n) is 36.6. The van der Waals surface area contributed by atoms with Gasteiger partial charge in [-0.05, 0) is 152 Å². The standard InChI is InChI=1S/C30H20BrN.C18H14BNO2.C12H8BrI/c31-25-18-23(21-9-3-1-4-10-21)17-24(19-25)22-15-16-30-28(20-22)27-13-7-8-14-29(27)32(30)26-11-5-2-6-12-26;21-19(22)13-10-11-18-16(12-13)15-8-4-5-9-17(15)20(18)14-6-2-1-3-7-14;13-11-6-10(7-12(14)8-11)9-4-2-1-3-5-9/h1-20H;1-12,21-22H;1-8H. The van der Waals surface area contributed by atoms with Crippen molar-refractivity contribution in [3.05, 3.63) is 255 Å². The number of hydrogen-bond acceptors (Lipinski definition) is 2. The van der Waals surface area contributed by atoms with Crippen molar-refractivity contribution in [3.8, 4) is 44.8 Å². The molecule has 0 atom stereocenters. The SMILES string of the molecule is Brc1cc(-c2ccccc2)cc(-c2ccc3c(c2)c2ccccc2n3-c2ccccc2)c1.Brc1cc(I)cc(-c2ccccc2)c1.OB(O)c1ccc2c(c1)c1ccccc1n2-c1ccccc1. The molecule has 0 unspecified atom stereocenters. The Balaban J connectivity index is 0.000000129. The van der Waals surface area contributed by atoms with E-state index in [9.17, 15) is 10.0 Å². The average molecular weight is 1120 g/mol. The highest BCUT2D eigenvalue weighted by Crippen LogP contribution is 2.37. The van der Waals surface area contributed by atoms with Crippen LogP contribution >= 0.6 is 54.5 Å². The summed E-state index contributed by atoms with van der Waals surface area (Å²) < 4.78 is 8.00. The lowest BCUT2D eigenvalue weighted by Crippen LogP contribution is -2.29. The highest BCUT2D eigenvalue weighted by atomic mass is 127. The monoisotopic (exact) mass is 1120 g/mol. The molecule has 8 heteroatoms. The van der Waals surface area contributed by atoms with E-state index in [0.29, 0.717) is 5.46 Å². The smallest absolute Gasteiger partial charge is 0.423 e. The lowest BCUT2D eigenvalue weighted by molar-refractivity contribution is 0.426. The van der Waals surface area contributed by atoms with Crippen LogP contribution in [0.15, 0.2) is 252 Å². The Labute approximate surface area is 426 Å². The van der Waals surface area contributed by atoms with E-state index < -0.39 is 7.12 Å². The van der Waals surface area contributed by atoms with E-state index in [2.05, 4.69) is 252 Å². The summed E-state index contributed by atoms with van der Waals surface area (Å²) in [6.07, 6.45) is 0. The van der Waals surface area contributed by atoms with Crippen molar-refractivity contribution in [3.63, 3.8) is 0 Å². The van der Waals surface area contributed by atoms with Gasteiger partial charge in [0.25, 0.3) is 0 Å². The number of benzene rings is 10. The maximum absolute atomic E-state index is 9.43. The van der Waals surface area contributed by atoms with Crippen LogP contribution in [0.2, 0.25) is 0 Å². The molecule has 12 aromatic rings. The van der Waals surface area contributed by atoms with Gasteiger partial charge in [-0.15, -0.1) is 0 Å². The molecule has 0 fully saturated rings. The summed E-state index contributed by atoms with van der Waals surface area (Å²) in [4.78, 5) is 0. The van der Waals surface area contributed by atoms with Crippen molar-refractivity contribution < 1.29 is 10.0 Å². The highest BCUT2D eigenvalue weighted by Gasteiger charge is 2.17. The van der Waals surface area contributed by atoms with Gasteiger partial charge in [0.2, 0.25) is 0 Å². The van der Waals surface area contributed by atoms with Crippen LogP contribution in [0, 0.1) is 3.57 Å². The van der Waals surface area contributed by atoms with Crippen LogP contribution in [0.5, 0.6) is 0 Å². The third-order valence-electron chi connectivity index (χ3n) is 12.0. The Hall–Kier alpha value is -6.53. The summed E-state index contributed by atoms with van der Waals surface area (Å²) in [5.41, 5.74) is 14.7. The molecular formula is C60H42BBr2IN2O2. The molecule has 0 radical (unpaired) electrons. The number of hydrogen-bond donors (Lipinski definition) is 2. The minimum atomic E-state index is -1.46. The van der Waals surface area contributed by atoms with E-state index in [1.165, 1.54) is 64.4 Å². The predicted octanol–water partition coefficient (Wildman–Crippen LogP) is 16.1. The second kappa shape index (κ2) is 20.4. The highest BCUT2D eigenvalue weighted by molar-refractivity contribution is 14.1. The van der Waals surface area contributed by atoms with Gasteiger partial charge in [-0.1, -0.05) is 184 Å². The Morgan fingerprint density at radius 2 is 0.721 bits per heavy atom. The molecule has 2 heterocycles. The Bertz CT molecular complexity index is 3670. The lowest BCUT2D eigenvalue weighted by atomic mass is 9.80. The third kappa shape index (κ3) is 9.61. The Kier molecular flexibility index (Phi) is 13.6. The summed E-state index contributed by atoms with van der Waals surface area (Å²) >= 11 is 9.56. The molecule has 0 aliphatic rings. The molecule has 0 spiro atoms. The van der Waals surface area contributed by atoms with Crippen molar-refractivity contribution in [2.75, 3.05) is 0 Å². The number of halogens is 3. The van der Waals surface area contributed by atoms with Crippen molar-refractivity contribution in [2.24, 2.45) is 0 Å². The molecule has 0 saturated carbocycles.